The van der Waals surface area contributed by atoms with Crippen LogP contribution in [0.3, 0.4) is 0 Å². The topological polar surface area (TPSA) is 75.2 Å². The zero-order valence-electron chi connectivity index (χ0n) is 18.1. The predicted molar refractivity (Wildman–Crippen MR) is 117 cm³/mol. The Hall–Kier alpha value is -2.12. The van der Waals surface area contributed by atoms with Crippen molar-refractivity contribution in [3.8, 4) is 0 Å². The van der Waals surface area contributed by atoms with E-state index in [2.05, 4.69) is 15.6 Å². The van der Waals surface area contributed by atoms with Crippen molar-refractivity contribution in [2.75, 3.05) is 60.7 Å². The maximum atomic E-state index is 12.1. The summed E-state index contributed by atoms with van der Waals surface area (Å²) < 4.78 is 11.2. The lowest BCUT2D eigenvalue weighted by Gasteiger charge is -2.21. The lowest BCUT2D eigenvalue weighted by molar-refractivity contribution is 0.0203. The monoisotopic (exact) mass is 404 g/mol. The molecule has 1 amide bonds. The van der Waals surface area contributed by atoms with Gasteiger partial charge in [0.05, 0.1) is 0 Å². The number of hydrogen-bond acceptors (Lipinski definition) is 4. The Morgan fingerprint density at radius 1 is 1.24 bits per heavy atom. The average Bonchev–Trinajstić information content (AvgIpc) is 2.75. The summed E-state index contributed by atoms with van der Waals surface area (Å²) in [6, 6.07) is 7.78. The molecule has 2 rings (SSSR count). The number of nitrogens with zero attached hydrogens (tertiary/aromatic N) is 2. The van der Waals surface area contributed by atoms with Gasteiger partial charge in [-0.1, -0.05) is 12.1 Å². The van der Waals surface area contributed by atoms with E-state index in [4.69, 9.17) is 9.47 Å². The van der Waals surface area contributed by atoms with E-state index < -0.39 is 0 Å². The van der Waals surface area contributed by atoms with E-state index in [1.807, 2.05) is 24.3 Å². The average molecular weight is 405 g/mol. The molecular formula is C22H36N4O3. The van der Waals surface area contributed by atoms with Gasteiger partial charge in [0.15, 0.2) is 5.96 Å². The van der Waals surface area contributed by atoms with Gasteiger partial charge in [-0.05, 0) is 49.3 Å². The van der Waals surface area contributed by atoms with Crippen LogP contribution in [0, 0.1) is 5.92 Å². The molecule has 162 valence electrons. The van der Waals surface area contributed by atoms with Gasteiger partial charge in [0.1, 0.15) is 0 Å². The van der Waals surface area contributed by atoms with Crippen molar-refractivity contribution in [3.05, 3.63) is 35.4 Å². The van der Waals surface area contributed by atoms with E-state index in [0.717, 1.165) is 82.3 Å². The zero-order chi connectivity index (χ0) is 20.9. The molecule has 0 radical (unpaired) electrons. The van der Waals surface area contributed by atoms with Crippen molar-refractivity contribution in [1.29, 1.82) is 0 Å². The third-order valence-electron chi connectivity index (χ3n) is 4.96. The summed E-state index contributed by atoms with van der Waals surface area (Å²) in [7, 11) is 5.30. The first kappa shape index (κ1) is 23.2. The maximum absolute atomic E-state index is 12.1. The Bertz CT molecular complexity index is 643. The fourth-order valence-corrected chi connectivity index (χ4v) is 3.21. The minimum absolute atomic E-state index is 0.0244. The molecule has 0 saturated carbocycles. The summed E-state index contributed by atoms with van der Waals surface area (Å²) in [5, 5.41) is 6.64. The van der Waals surface area contributed by atoms with Gasteiger partial charge in [-0.25, -0.2) is 0 Å². The summed E-state index contributed by atoms with van der Waals surface area (Å²) >= 11 is 0. The van der Waals surface area contributed by atoms with Crippen molar-refractivity contribution in [2.45, 2.75) is 25.7 Å². The number of carbonyl (C=O) groups is 1. The first-order chi connectivity index (χ1) is 14.1. The Labute approximate surface area is 174 Å². The molecule has 0 atom stereocenters. The van der Waals surface area contributed by atoms with Crippen LogP contribution in [0.5, 0.6) is 0 Å². The van der Waals surface area contributed by atoms with Gasteiger partial charge in [-0.15, -0.1) is 0 Å². The molecular weight excluding hydrogens is 368 g/mol. The van der Waals surface area contributed by atoms with Crippen LogP contribution in [-0.2, 0) is 15.9 Å². The van der Waals surface area contributed by atoms with Crippen molar-refractivity contribution >= 4 is 11.9 Å². The van der Waals surface area contributed by atoms with Crippen LogP contribution in [0.15, 0.2) is 29.3 Å². The standard InChI is InChI=1S/C22H36N4O3/c1-23-22(24-11-5-13-29-17-19-9-14-28-15-10-19)25-12-8-18-6-4-7-20(16-18)21(27)26(2)3/h4,6-7,16,19H,5,8-15,17H2,1-3H3,(H2,23,24,25). The minimum Gasteiger partial charge on any atom is -0.381 e. The number of amides is 1. The molecule has 0 bridgehead atoms. The Morgan fingerprint density at radius 3 is 2.72 bits per heavy atom. The van der Waals surface area contributed by atoms with Gasteiger partial charge in [0.25, 0.3) is 5.91 Å². The number of rotatable bonds is 10. The third kappa shape index (κ3) is 8.83. The number of nitrogens with one attached hydrogen (secondary N) is 2. The van der Waals surface area contributed by atoms with Crippen LogP contribution >= 0.6 is 0 Å². The molecule has 0 aromatic heterocycles. The van der Waals surface area contributed by atoms with E-state index >= 15 is 0 Å². The molecule has 1 fully saturated rings. The first-order valence-corrected chi connectivity index (χ1v) is 10.5. The zero-order valence-corrected chi connectivity index (χ0v) is 18.1. The van der Waals surface area contributed by atoms with Crippen molar-refractivity contribution in [3.63, 3.8) is 0 Å². The highest BCUT2D eigenvalue weighted by Gasteiger charge is 2.13. The van der Waals surface area contributed by atoms with Gasteiger partial charge in [0.2, 0.25) is 0 Å². The highest BCUT2D eigenvalue weighted by atomic mass is 16.5. The van der Waals surface area contributed by atoms with Crippen molar-refractivity contribution in [1.82, 2.24) is 15.5 Å². The van der Waals surface area contributed by atoms with Crippen LogP contribution in [0.4, 0.5) is 0 Å². The van der Waals surface area contributed by atoms with Crippen LogP contribution in [0.1, 0.15) is 35.2 Å². The molecule has 1 heterocycles. The number of aliphatic imine (C=N–C) groups is 1. The lowest BCUT2D eigenvalue weighted by atomic mass is 10.0. The van der Waals surface area contributed by atoms with Gasteiger partial charge in [-0.3, -0.25) is 9.79 Å². The summed E-state index contributed by atoms with van der Waals surface area (Å²) in [4.78, 5) is 17.9. The van der Waals surface area contributed by atoms with Gasteiger partial charge in [-0.2, -0.15) is 0 Å². The van der Waals surface area contributed by atoms with E-state index in [9.17, 15) is 4.79 Å². The summed E-state index contributed by atoms with van der Waals surface area (Å²) in [5.74, 6) is 1.46. The molecule has 2 N–H and O–H groups in total. The smallest absolute Gasteiger partial charge is 0.253 e. The normalized spacial score (nSPS) is 15.2. The van der Waals surface area contributed by atoms with Crippen LogP contribution < -0.4 is 10.6 Å². The second-order valence-electron chi connectivity index (χ2n) is 7.56. The molecule has 1 aliphatic rings. The van der Waals surface area contributed by atoms with Crippen LogP contribution in [0.2, 0.25) is 0 Å². The quantitative estimate of drug-likeness (QED) is 0.354. The number of benzene rings is 1. The summed E-state index contributed by atoms with van der Waals surface area (Å²) in [5.41, 5.74) is 1.85. The largest absolute Gasteiger partial charge is 0.381 e. The molecule has 0 spiro atoms. The molecule has 1 aromatic rings. The SMILES string of the molecule is CN=C(NCCCOCC1CCOCC1)NCCc1cccc(C(=O)N(C)C)c1. The molecule has 7 heteroatoms. The van der Waals surface area contributed by atoms with Crippen LogP contribution in [0.25, 0.3) is 0 Å². The van der Waals surface area contributed by atoms with E-state index in [0.29, 0.717) is 5.92 Å². The van der Waals surface area contributed by atoms with Gasteiger partial charge < -0.3 is 25.0 Å². The molecule has 0 aliphatic carbocycles. The van der Waals surface area contributed by atoms with Gasteiger partial charge in [0, 0.05) is 66.2 Å². The van der Waals surface area contributed by atoms with Gasteiger partial charge >= 0.3 is 0 Å². The first-order valence-electron chi connectivity index (χ1n) is 10.5. The summed E-state index contributed by atoms with van der Waals surface area (Å²) in [6.45, 7) is 4.90. The van der Waals surface area contributed by atoms with E-state index in [-0.39, 0.29) is 5.91 Å². The summed E-state index contributed by atoms with van der Waals surface area (Å²) in [6.07, 6.45) is 3.99. The molecule has 7 nitrogen and oxygen atoms in total. The molecule has 1 saturated heterocycles. The minimum atomic E-state index is 0.0244. The molecule has 1 aliphatic heterocycles. The maximum Gasteiger partial charge on any atom is 0.253 e. The molecule has 29 heavy (non-hydrogen) atoms. The number of guanidine groups is 1. The Kier molecular flexibility index (Phi) is 10.5. The fourth-order valence-electron chi connectivity index (χ4n) is 3.21. The lowest BCUT2D eigenvalue weighted by Crippen LogP contribution is -2.39. The second-order valence-corrected chi connectivity index (χ2v) is 7.56. The molecule has 0 unspecified atom stereocenters. The Balaban J connectivity index is 1.59. The van der Waals surface area contributed by atoms with Crippen LogP contribution in [-0.4, -0.2) is 77.4 Å². The second kappa shape index (κ2) is 13.2. The predicted octanol–water partition coefficient (Wildman–Crippen LogP) is 1.93. The highest BCUT2D eigenvalue weighted by molar-refractivity contribution is 5.94. The van der Waals surface area contributed by atoms with E-state index in [1.54, 1.807) is 26.0 Å². The van der Waals surface area contributed by atoms with Crippen molar-refractivity contribution in [2.24, 2.45) is 10.9 Å². The van der Waals surface area contributed by atoms with Crippen molar-refractivity contribution < 1.29 is 14.3 Å². The van der Waals surface area contributed by atoms with E-state index in [1.165, 1.54) is 0 Å². The molecule has 1 aromatic carbocycles. The number of ether oxygens (including phenoxy) is 2. The third-order valence-corrected chi connectivity index (χ3v) is 4.96. The number of hydrogen-bond donors (Lipinski definition) is 2. The highest BCUT2D eigenvalue weighted by Crippen LogP contribution is 2.14. The Morgan fingerprint density at radius 2 is 2.00 bits per heavy atom. The number of carbonyl (C=O) groups excluding carboxylic acids is 1. The fraction of sp³-hybridized carbons (Fsp3) is 0.636.